The van der Waals surface area contributed by atoms with E-state index in [1.54, 1.807) is 0 Å². The van der Waals surface area contributed by atoms with Crippen LogP contribution in [0.4, 0.5) is 0 Å². The van der Waals surface area contributed by atoms with Crippen molar-refractivity contribution in [1.29, 1.82) is 0 Å². The van der Waals surface area contributed by atoms with E-state index >= 15 is 0 Å². The van der Waals surface area contributed by atoms with Crippen molar-refractivity contribution in [3.05, 3.63) is 0 Å². The Balaban J connectivity index is 0.00000324. The second-order valence-electron chi connectivity index (χ2n) is 5.88. The molecule has 1 heterocycles. The van der Waals surface area contributed by atoms with Crippen molar-refractivity contribution >= 4 is 40.0 Å². The Labute approximate surface area is 133 Å². The van der Waals surface area contributed by atoms with Gasteiger partial charge in [0.2, 0.25) is 10.0 Å². The predicted molar refractivity (Wildman–Crippen MR) is 89.3 cm³/mol. The van der Waals surface area contributed by atoms with Gasteiger partial charge in [-0.15, -0.1) is 24.0 Å². The highest BCUT2D eigenvalue weighted by Gasteiger charge is 2.28. The molecule has 8 heteroatoms. The Morgan fingerprint density at radius 1 is 1.47 bits per heavy atom. The molecule has 0 aliphatic carbocycles. The van der Waals surface area contributed by atoms with Crippen molar-refractivity contribution in [2.24, 2.45) is 16.6 Å². The molecule has 19 heavy (non-hydrogen) atoms. The zero-order valence-electron chi connectivity index (χ0n) is 12.0. The fraction of sp³-hybridized carbons (Fsp3) is 0.909. The average Bonchev–Trinajstić information content (AvgIpc) is 2.59. The number of rotatable bonds is 3. The number of nitrogens with two attached hydrogens (primary N) is 1. The predicted octanol–water partition coefficient (Wildman–Crippen LogP) is 0.589. The lowest BCUT2D eigenvalue weighted by atomic mass is 10.1. The van der Waals surface area contributed by atoms with Gasteiger partial charge in [-0.3, -0.25) is 4.99 Å². The molecule has 1 atom stereocenters. The standard InChI is InChI=1S/C11H24N4O2S.HI/c1-11(2,3)14-10(12)13-7-9-5-6-15(8-9)18(4,16)17;/h9H,5-8H2,1-4H3,(H3,12,13,14);1H. The van der Waals surface area contributed by atoms with E-state index in [0.717, 1.165) is 6.42 Å². The maximum Gasteiger partial charge on any atom is 0.211 e. The molecule has 114 valence electrons. The fourth-order valence-corrected chi connectivity index (χ4v) is 2.82. The van der Waals surface area contributed by atoms with Crippen molar-refractivity contribution in [3.8, 4) is 0 Å². The third kappa shape index (κ3) is 7.31. The third-order valence-corrected chi connectivity index (χ3v) is 4.01. The first-order valence-corrected chi connectivity index (χ1v) is 7.96. The first-order valence-electron chi connectivity index (χ1n) is 6.11. The number of sulfonamides is 1. The molecule has 6 nitrogen and oxygen atoms in total. The second-order valence-corrected chi connectivity index (χ2v) is 7.86. The van der Waals surface area contributed by atoms with E-state index in [0.29, 0.717) is 25.6 Å². The van der Waals surface area contributed by atoms with Crippen LogP contribution in [-0.4, -0.2) is 50.1 Å². The highest BCUT2D eigenvalue weighted by Crippen LogP contribution is 2.18. The van der Waals surface area contributed by atoms with E-state index in [1.165, 1.54) is 10.6 Å². The summed E-state index contributed by atoms with van der Waals surface area (Å²) in [5.41, 5.74) is 5.66. The van der Waals surface area contributed by atoms with Gasteiger partial charge in [0, 0.05) is 25.2 Å². The van der Waals surface area contributed by atoms with Crippen molar-refractivity contribution < 1.29 is 8.42 Å². The van der Waals surface area contributed by atoms with Crippen LogP contribution in [0.15, 0.2) is 4.99 Å². The Morgan fingerprint density at radius 3 is 2.47 bits per heavy atom. The molecule has 1 fully saturated rings. The Kier molecular flexibility index (Phi) is 7.04. The van der Waals surface area contributed by atoms with Gasteiger partial charge in [0.25, 0.3) is 0 Å². The molecule has 0 aromatic carbocycles. The van der Waals surface area contributed by atoms with Gasteiger partial charge in [-0.1, -0.05) is 0 Å². The Morgan fingerprint density at radius 2 is 2.05 bits per heavy atom. The molecule has 0 radical (unpaired) electrons. The number of halogens is 1. The minimum atomic E-state index is -3.06. The van der Waals surface area contributed by atoms with E-state index in [2.05, 4.69) is 10.3 Å². The first kappa shape index (κ1) is 18.9. The molecule has 0 aromatic heterocycles. The van der Waals surface area contributed by atoms with E-state index in [4.69, 9.17) is 5.73 Å². The Bertz CT molecular complexity index is 417. The summed E-state index contributed by atoms with van der Waals surface area (Å²) in [6, 6.07) is 0. The van der Waals surface area contributed by atoms with Crippen LogP contribution in [0.25, 0.3) is 0 Å². The van der Waals surface area contributed by atoms with Crippen LogP contribution in [0.5, 0.6) is 0 Å². The highest BCUT2D eigenvalue weighted by molar-refractivity contribution is 14.0. The smallest absolute Gasteiger partial charge is 0.211 e. The first-order chi connectivity index (χ1) is 8.08. The number of hydrogen-bond donors (Lipinski definition) is 2. The minimum absolute atomic E-state index is 0. The van der Waals surface area contributed by atoms with Crippen LogP contribution in [-0.2, 0) is 10.0 Å². The molecule has 1 aliphatic heterocycles. The van der Waals surface area contributed by atoms with E-state index < -0.39 is 10.0 Å². The van der Waals surface area contributed by atoms with E-state index in [1.807, 2.05) is 20.8 Å². The summed E-state index contributed by atoms with van der Waals surface area (Å²) in [6.45, 7) is 7.74. The monoisotopic (exact) mass is 404 g/mol. The lowest BCUT2D eigenvalue weighted by Gasteiger charge is -2.21. The number of guanidine groups is 1. The van der Waals surface area contributed by atoms with Crippen molar-refractivity contribution in [3.63, 3.8) is 0 Å². The summed E-state index contributed by atoms with van der Waals surface area (Å²) in [5.74, 6) is 0.681. The fourth-order valence-electron chi connectivity index (χ4n) is 1.90. The number of aliphatic imine (C=N–C) groups is 1. The van der Waals surface area contributed by atoms with Gasteiger partial charge in [0.15, 0.2) is 5.96 Å². The van der Waals surface area contributed by atoms with Crippen LogP contribution in [0.3, 0.4) is 0 Å². The normalized spacial score (nSPS) is 22.1. The zero-order valence-corrected chi connectivity index (χ0v) is 15.2. The van der Waals surface area contributed by atoms with E-state index in [-0.39, 0.29) is 35.4 Å². The molecule has 0 saturated carbocycles. The van der Waals surface area contributed by atoms with Crippen molar-refractivity contribution in [2.75, 3.05) is 25.9 Å². The SMILES string of the molecule is CC(C)(C)NC(N)=NCC1CCN(S(C)(=O)=O)C1.I. The van der Waals surface area contributed by atoms with Crippen molar-refractivity contribution in [1.82, 2.24) is 9.62 Å². The molecule has 0 aromatic rings. The summed E-state index contributed by atoms with van der Waals surface area (Å²) < 4.78 is 24.2. The summed E-state index contributed by atoms with van der Waals surface area (Å²) in [7, 11) is -3.06. The second kappa shape index (κ2) is 7.07. The van der Waals surface area contributed by atoms with Crippen LogP contribution in [0, 0.1) is 5.92 Å². The van der Waals surface area contributed by atoms with Crippen molar-refractivity contribution in [2.45, 2.75) is 32.7 Å². The quantitative estimate of drug-likeness (QED) is 0.410. The topological polar surface area (TPSA) is 87.8 Å². The van der Waals surface area contributed by atoms with Crippen LogP contribution in [0.2, 0.25) is 0 Å². The number of hydrogen-bond acceptors (Lipinski definition) is 3. The maximum atomic E-state index is 11.4. The molecule has 1 saturated heterocycles. The van der Waals surface area contributed by atoms with Gasteiger partial charge in [-0.25, -0.2) is 12.7 Å². The summed E-state index contributed by atoms with van der Waals surface area (Å²) >= 11 is 0. The molecule has 3 N–H and O–H groups in total. The van der Waals surface area contributed by atoms with Gasteiger partial charge in [-0.05, 0) is 33.1 Å². The summed E-state index contributed by atoms with van der Waals surface area (Å²) in [6.07, 6.45) is 2.09. The van der Waals surface area contributed by atoms with Crippen LogP contribution < -0.4 is 11.1 Å². The lowest BCUT2D eigenvalue weighted by Crippen LogP contribution is -2.45. The molecular formula is C11H25IN4O2S. The molecule has 0 amide bonds. The minimum Gasteiger partial charge on any atom is -0.370 e. The molecular weight excluding hydrogens is 379 g/mol. The van der Waals surface area contributed by atoms with Gasteiger partial charge < -0.3 is 11.1 Å². The number of nitrogens with zero attached hydrogens (tertiary/aromatic N) is 2. The molecule has 1 aliphatic rings. The lowest BCUT2D eigenvalue weighted by molar-refractivity contribution is 0.463. The van der Waals surface area contributed by atoms with Gasteiger partial charge in [0.05, 0.1) is 6.26 Å². The molecule has 0 bridgehead atoms. The Hall–Kier alpha value is -0.0900. The largest absolute Gasteiger partial charge is 0.370 e. The zero-order chi connectivity index (χ0) is 14.0. The summed E-state index contributed by atoms with van der Waals surface area (Å²) in [5, 5.41) is 3.08. The van der Waals surface area contributed by atoms with Gasteiger partial charge in [-0.2, -0.15) is 0 Å². The van der Waals surface area contributed by atoms with Gasteiger partial charge >= 0.3 is 0 Å². The average molecular weight is 404 g/mol. The number of nitrogens with one attached hydrogen (secondary N) is 1. The molecule has 1 rings (SSSR count). The third-order valence-electron chi connectivity index (χ3n) is 2.74. The van der Waals surface area contributed by atoms with Gasteiger partial charge in [0.1, 0.15) is 0 Å². The van der Waals surface area contributed by atoms with E-state index in [9.17, 15) is 8.42 Å². The molecule has 0 spiro atoms. The van der Waals surface area contributed by atoms with Crippen LogP contribution >= 0.6 is 24.0 Å². The molecule has 1 unspecified atom stereocenters. The van der Waals surface area contributed by atoms with Crippen LogP contribution in [0.1, 0.15) is 27.2 Å². The highest BCUT2D eigenvalue weighted by atomic mass is 127. The maximum absolute atomic E-state index is 11.4. The summed E-state index contributed by atoms with van der Waals surface area (Å²) in [4.78, 5) is 4.27.